The zero-order valence-electron chi connectivity index (χ0n) is 14.5. The van der Waals surface area contributed by atoms with Crippen LogP contribution in [0, 0.1) is 12.7 Å². The Morgan fingerprint density at radius 2 is 2.04 bits per heavy atom. The maximum Gasteiger partial charge on any atom is 0.311 e. The van der Waals surface area contributed by atoms with E-state index in [1.807, 2.05) is 0 Å². The van der Waals surface area contributed by atoms with E-state index in [1.54, 1.807) is 24.0 Å². The number of benzene rings is 1. The van der Waals surface area contributed by atoms with Crippen molar-refractivity contribution < 1.29 is 23.5 Å². The van der Waals surface area contributed by atoms with E-state index in [4.69, 9.17) is 9.52 Å². The average molecular weight is 357 g/mol. The molecule has 5 nitrogen and oxygen atoms in total. The molecule has 1 saturated carbocycles. The van der Waals surface area contributed by atoms with E-state index in [-0.39, 0.29) is 34.9 Å². The van der Waals surface area contributed by atoms with Gasteiger partial charge >= 0.3 is 5.97 Å². The molecule has 2 aromatic rings. The molecule has 0 radical (unpaired) electrons. The van der Waals surface area contributed by atoms with Crippen LogP contribution in [0.5, 0.6) is 0 Å². The highest BCUT2D eigenvalue weighted by atomic mass is 19.1. The Bertz CT molecular complexity index is 895. The molecular formula is C20H20FNO4. The van der Waals surface area contributed by atoms with Crippen LogP contribution < -0.4 is 4.90 Å². The van der Waals surface area contributed by atoms with Gasteiger partial charge in [0.05, 0.1) is 17.5 Å². The first-order chi connectivity index (χ1) is 12.4. The summed E-state index contributed by atoms with van der Waals surface area (Å²) in [5.74, 6) is -1.50. The topological polar surface area (TPSA) is 70.7 Å². The summed E-state index contributed by atoms with van der Waals surface area (Å²) in [4.78, 5) is 26.0. The number of hydrogen-bond donors (Lipinski definition) is 1. The van der Waals surface area contributed by atoms with Gasteiger partial charge in [0.2, 0.25) is 0 Å². The Kier molecular flexibility index (Phi) is 3.86. The minimum atomic E-state index is -1.06. The molecule has 2 heterocycles. The van der Waals surface area contributed by atoms with E-state index in [0.29, 0.717) is 23.4 Å². The van der Waals surface area contributed by atoms with Crippen LogP contribution >= 0.6 is 0 Å². The number of carboxylic acids is 1. The average Bonchev–Trinajstić information content (AvgIpc) is 3.27. The predicted octanol–water partition coefficient (Wildman–Crippen LogP) is 3.83. The Labute approximate surface area is 150 Å². The fraction of sp³-hybridized carbons (Fsp3) is 0.400. The van der Waals surface area contributed by atoms with E-state index in [2.05, 4.69) is 0 Å². The molecule has 1 amide bonds. The zero-order valence-corrected chi connectivity index (χ0v) is 14.5. The zero-order chi connectivity index (χ0) is 18.5. The molecule has 0 saturated heterocycles. The van der Waals surface area contributed by atoms with Gasteiger partial charge in [-0.2, -0.15) is 0 Å². The predicted molar refractivity (Wildman–Crippen MR) is 93.0 cm³/mol. The van der Waals surface area contributed by atoms with Gasteiger partial charge in [-0.25, -0.2) is 4.39 Å². The quantitative estimate of drug-likeness (QED) is 0.906. The van der Waals surface area contributed by atoms with Crippen LogP contribution in [0.1, 0.15) is 52.9 Å². The van der Waals surface area contributed by atoms with Crippen LogP contribution in [-0.2, 0) is 16.6 Å². The third kappa shape index (κ3) is 2.43. The highest BCUT2D eigenvalue weighted by Gasteiger charge is 2.48. The highest BCUT2D eigenvalue weighted by molar-refractivity contribution is 6.09. The van der Waals surface area contributed by atoms with Gasteiger partial charge in [-0.3, -0.25) is 9.59 Å². The monoisotopic (exact) mass is 357 g/mol. The Morgan fingerprint density at radius 3 is 2.73 bits per heavy atom. The van der Waals surface area contributed by atoms with Gasteiger partial charge in [-0.1, -0.05) is 18.9 Å². The lowest BCUT2D eigenvalue weighted by Crippen LogP contribution is -2.36. The Morgan fingerprint density at radius 1 is 1.31 bits per heavy atom. The molecule has 1 aromatic carbocycles. The van der Waals surface area contributed by atoms with Gasteiger partial charge in [-0.05, 0) is 31.9 Å². The number of halogens is 1. The Balaban J connectivity index is 1.79. The van der Waals surface area contributed by atoms with Crippen LogP contribution in [0.2, 0.25) is 0 Å². The number of carbonyl (C=O) groups excluding carboxylic acids is 1. The van der Waals surface area contributed by atoms with Crippen molar-refractivity contribution >= 4 is 17.6 Å². The summed E-state index contributed by atoms with van der Waals surface area (Å²) in [5, 5.41) is 9.07. The lowest BCUT2D eigenvalue weighted by Gasteiger charge is -2.25. The van der Waals surface area contributed by atoms with Gasteiger partial charge in [0.15, 0.2) is 0 Å². The molecule has 6 heteroatoms. The second-order valence-electron chi connectivity index (χ2n) is 7.30. The van der Waals surface area contributed by atoms with Crippen molar-refractivity contribution in [1.82, 2.24) is 0 Å². The summed E-state index contributed by atoms with van der Waals surface area (Å²) in [7, 11) is 0. The molecule has 2 aliphatic rings. The number of nitrogens with zero attached hydrogens (tertiary/aromatic N) is 1. The first-order valence-electron chi connectivity index (χ1n) is 8.82. The number of carboxylic acid groups (broad SMARTS) is 1. The Hall–Kier alpha value is -2.63. The normalized spacial score (nSPS) is 17.7. The third-order valence-electron chi connectivity index (χ3n) is 5.66. The molecule has 0 atom stereocenters. The van der Waals surface area contributed by atoms with E-state index in [0.717, 1.165) is 25.7 Å². The third-order valence-corrected chi connectivity index (χ3v) is 5.66. The van der Waals surface area contributed by atoms with Crippen molar-refractivity contribution in [1.29, 1.82) is 0 Å². The summed E-state index contributed by atoms with van der Waals surface area (Å²) in [6, 6.07) is 4.84. The summed E-state index contributed by atoms with van der Waals surface area (Å²) >= 11 is 0. The molecule has 136 valence electrons. The number of fused-ring (bicyclic) bond motifs is 2. The van der Waals surface area contributed by atoms with Crippen LogP contribution in [0.15, 0.2) is 28.9 Å². The van der Waals surface area contributed by atoms with Gasteiger partial charge in [0.25, 0.3) is 5.91 Å². The molecular weight excluding hydrogens is 337 g/mol. The summed E-state index contributed by atoms with van der Waals surface area (Å²) in [5.41, 5.74) is 1.76. The summed E-state index contributed by atoms with van der Waals surface area (Å²) in [6.45, 7) is 2.15. The fourth-order valence-corrected chi connectivity index (χ4v) is 4.56. The first-order valence-corrected chi connectivity index (χ1v) is 8.82. The minimum absolute atomic E-state index is 0.144. The van der Waals surface area contributed by atoms with E-state index >= 15 is 0 Å². The van der Waals surface area contributed by atoms with Gasteiger partial charge < -0.3 is 14.4 Å². The molecule has 26 heavy (non-hydrogen) atoms. The molecule has 0 bridgehead atoms. The van der Waals surface area contributed by atoms with Crippen LogP contribution in [0.4, 0.5) is 10.1 Å². The van der Waals surface area contributed by atoms with Crippen LogP contribution in [0.25, 0.3) is 0 Å². The maximum atomic E-state index is 14.7. The first kappa shape index (κ1) is 16.8. The molecule has 1 aliphatic carbocycles. The molecule has 1 fully saturated rings. The number of hydrogen-bond acceptors (Lipinski definition) is 3. The second-order valence-corrected chi connectivity index (χ2v) is 7.30. The van der Waals surface area contributed by atoms with Crippen molar-refractivity contribution in [3.8, 4) is 0 Å². The molecule has 1 aromatic heterocycles. The summed E-state index contributed by atoms with van der Waals surface area (Å²) < 4.78 is 20.0. The molecule has 1 N–H and O–H groups in total. The molecule has 0 unspecified atom stereocenters. The lowest BCUT2D eigenvalue weighted by atomic mass is 9.80. The van der Waals surface area contributed by atoms with Crippen LogP contribution in [-0.4, -0.2) is 23.5 Å². The van der Waals surface area contributed by atoms with Crippen molar-refractivity contribution in [2.75, 3.05) is 11.4 Å². The number of rotatable bonds is 3. The highest BCUT2D eigenvalue weighted by Crippen LogP contribution is 2.51. The largest absolute Gasteiger partial charge is 0.481 e. The van der Waals surface area contributed by atoms with E-state index < -0.39 is 5.97 Å². The standard InChI is InChI=1S/C20H20FNO4/c1-12-10-26-15(9-16(23)24)17(12)19(25)22-11-20(7-2-3-8-20)18-13(21)5-4-6-14(18)22/h4-6,10H,2-3,7-9,11H2,1H3,(H,23,24). The van der Waals surface area contributed by atoms with E-state index in [1.165, 1.54) is 12.3 Å². The number of aryl methyl sites for hydroxylation is 1. The summed E-state index contributed by atoms with van der Waals surface area (Å²) in [6.07, 6.45) is 4.80. The van der Waals surface area contributed by atoms with Crippen molar-refractivity contribution in [2.24, 2.45) is 0 Å². The number of amides is 1. The SMILES string of the molecule is Cc1coc(CC(=O)O)c1C(=O)N1CC2(CCCC2)c2c(F)cccc21. The number of furan rings is 1. The van der Waals surface area contributed by atoms with Crippen LogP contribution in [0.3, 0.4) is 0 Å². The van der Waals surface area contributed by atoms with Gasteiger partial charge in [0, 0.05) is 23.1 Å². The number of carbonyl (C=O) groups is 2. The minimum Gasteiger partial charge on any atom is -0.481 e. The van der Waals surface area contributed by atoms with Crippen molar-refractivity contribution in [3.63, 3.8) is 0 Å². The lowest BCUT2D eigenvalue weighted by molar-refractivity contribution is -0.136. The fourth-order valence-electron chi connectivity index (χ4n) is 4.56. The van der Waals surface area contributed by atoms with Gasteiger partial charge in [-0.15, -0.1) is 0 Å². The molecule has 1 spiro atoms. The van der Waals surface area contributed by atoms with E-state index in [9.17, 15) is 14.0 Å². The van der Waals surface area contributed by atoms with Gasteiger partial charge in [0.1, 0.15) is 18.0 Å². The smallest absolute Gasteiger partial charge is 0.311 e. The second kappa shape index (κ2) is 5.97. The van der Waals surface area contributed by atoms with Crippen molar-refractivity contribution in [3.05, 3.63) is 52.7 Å². The molecule has 4 rings (SSSR count). The number of anilines is 1. The maximum absolute atomic E-state index is 14.7. The van der Waals surface area contributed by atoms with Crippen molar-refractivity contribution in [2.45, 2.75) is 44.4 Å². The number of aliphatic carboxylic acids is 1. The molecule has 1 aliphatic heterocycles.